The van der Waals surface area contributed by atoms with Gasteiger partial charge in [-0.1, -0.05) is 0 Å². The molecular formula is C17H17N7OS. The van der Waals surface area contributed by atoms with E-state index < -0.39 is 0 Å². The summed E-state index contributed by atoms with van der Waals surface area (Å²) in [5.41, 5.74) is 1.31. The van der Waals surface area contributed by atoms with Gasteiger partial charge in [0, 0.05) is 50.1 Å². The fourth-order valence-corrected chi connectivity index (χ4v) is 3.42. The Hall–Kier alpha value is -3.07. The summed E-state index contributed by atoms with van der Waals surface area (Å²) >= 11 is 1.41. The quantitative estimate of drug-likeness (QED) is 0.755. The van der Waals surface area contributed by atoms with Crippen molar-refractivity contribution in [3.63, 3.8) is 0 Å². The monoisotopic (exact) mass is 367 g/mol. The van der Waals surface area contributed by atoms with E-state index in [2.05, 4.69) is 30.2 Å². The van der Waals surface area contributed by atoms with E-state index in [4.69, 9.17) is 0 Å². The summed E-state index contributed by atoms with van der Waals surface area (Å²) in [4.78, 5) is 33.6. The normalized spacial score (nSPS) is 14.3. The van der Waals surface area contributed by atoms with Crippen LogP contribution in [0.4, 0.5) is 16.8 Å². The maximum Gasteiger partial charge on any atom is 0.273 e. The largest absolute Gasteiger partial charge is 0.337 e. The van der Waals surface area contributed by atoms with Gasteiger partial charge in [0.15, 0.2) is 5.13 Å². The molecule has 4 heterocycles. The zero-order chi connectivity index (χ0) is 17.8. The van der Waals surface area contributed by atoms with Gasteiger partial charge in [-0.15, -0.1) is 11.3 Å². The topological polar surface area (TPSA) is 87.1 Å². The average Bonchev–Trinajstić information content (AvgIpc) is 3.17. The van der Waals surface area contributed by atoms with Crippen LogP contribution in [0.2, 0.25) is 0 Å². The predicted octanol–water partition coefficient (Wildman–Crippen LogP) is 2.03. The SMILES string of the molecule is O=C(c1csc(Nc2cccnc2)n1)N1CCN(c2ncccn2)CC1. The maximum atomic E-state index is 12.7. The van der Waals surface area contributed by atoms with Gasteiger partial charge in [0.05, 0.1) is 11.9 Å². The molecule has 0 spiro atoms. The van der Waals surface area contributed by atoms with E-state index in [0.29, 0.717) is 43.0 Å². The minimum absolute atomic E-state index is 0.0471. The summed E-state index contributed by atoms with van der Waals surface area (Å²) < 4.78 is 0. The van der Waals surface area contributed by atoms with Gasteiger partial charge in [-0.05, 0) is 18.2 Å². The van der Waals surface area contributed by atoms with Crippen molar-refractivity contribution in [2.24, 2.45) is 0 Å². The van der Waals surface area contributed by atoms with Crippen molar-refractivity contribution in [2.45, 2.75) is 0 Å². The molecule has 0 aromatic carbocycles. The molecule has 1 saturated heterocycles. The van der Waals surface area contributed by atoms with E-state index in [1.807, 2.05) is 17.0 Å². The first-order chi connectivity index (χ1) is 12.8. The lowest BCUT2D eigenvalue weighted by molar-refractivity contribution is 0.0741. The molecule has 26 heavy (non-hydrogen) atoms. The second-order valence-electron chi connectivity index (χ2n) is 5.73. The molecule has 0 saturated carbocycles. The molecule has 1 amide bonds. The Balaban J connectivity index is 1.37. The number of carbonyl (C=O) groups excluding carboxylic acids is 1. The van der Waals surface area contributed by atoms with Crippen LogP contribution in [0, 0.1) is 0 Å². The highest BCUT2D eigenvalue weighted by atomic mass is 32.1. The molecule has 1 aliphatic rings. The Kier molecular flexibility index (Phi) is 4.69. The van der Waals surface area contributed by atoms with Gasteiger partial charge >= 0.3 is 0 Å². The van der Waals surface area contributed by atoms with Crippen LogP contribution in [0.3, 0.4) is 0 Å². The molecule has 3 aromatic rings. The number of hydrogen-bond acceptors (Lipinski definition) is 8. The van der Waals surface area contributed by atoms with Crippen molar-refractivity contribution in [1.29, 1.82) is 0 Å². The predicted molar refractivity (Wildman–Crippen MR) is 99.8 cm³/mol. The van der Waals surface area contributed by atoms with Crippen molar-refractivity contribution in [1.82, 2.24) is 24.8 Å². The Morgan fingerprint density at radius 2 is 1.88 bits per heavy atom. The fourth-order valence-electron chi connectivity index (χ4n) is 2.72. The lowest BCUT2D eigenvalue weighted by Gasteiger charge is -2.34. The summed E-state index contributed by atoms with van der Waals surface area (Å²) in [5.74, 6) is 0.658. The molecule has 0 unspecified atom stereocenters. The maximum absolute atomic E-state index is 12.7. The zero-order valence-electron chi connectivity index (χ0n) is 13.9. The minimum atomic E-state index is -0.0471. The van der Waals surface area contributed by atoms with Crippen molar-refractivity contribution in [2.75, 3.05) is 36.4 Å². The Morgan fingerprint density at radius 1 is 1.08 bits per heavy atom. The highest BCUT2D eigenvalue weighted by Crippen LogP contribution is 2.21. The fraction of sp³-hybridized carbons (Fsp3) is 0.235. The first-order valence-electron chi connectivity index (χ1n) is 8.23. The van der Waals surface area contributed by atoms with E-state index in [9.17, 15) is 4.79 Å². The van der Waals surface area contributed by atoms with E-state index in [0.717, 1.165) is 5.69 Å². The molecular weight excluding hydrogens is 350 g/mol. The molecule has 0 radical (unpaired) electrons. The average molecular weight is 367 g/mol. The van der Waals surface area contributed by atoms with E-state index in [-0.39, 0.29) is 5.91 Å². The number of carbonyl (C=O) groups is 1. The van der Waals surface area contributed by atoms with E-state index in [1.54, 1.807) is 36.2 Å². The van der Waals surface area contributed by atoms with Crippen molar-refractivity contribution < 1.29 is 4.79 Å². The first-order valence-corrected chi connectivity index (χ1v) is 9.11. The molecule has 1 aliphatic heterocycles. The molecule has 3 aromatic heterocycles. The summed E-state index contributed by atoms with van der Waals surface area (Å²) in [6.45, 7) is 2.67. The van der Waals surface area contributed by atoms with Crippen LogP contribution in [0.15, 0.2) is 48.4 Å². The summed E-state index contributed by atoms with van der Waals surface area (Å²) in [7, 11) is 0. The molecule has 0 aliphatic carbocycles. The number of nitrogens with zero attached hydrogens (tertiary/aromatic N) is 6. The van der Waals surface area contributed by atoms with Gasteiger partial charge in [0.1, 0.15) is 5.69 Å². The minimum Gasteiger partial charge on any atom is -0.337 e. The smallest absolute Gasteiger partial charge is 0.273 e. The molecule has 1 fully saturated rings. The molecule has 1 N–H and O–H groups in total. The van der Waals surface area contributed by atoms with Crippen molar-refractivity contribution >= 4 is 34.0 Å². The Morgan fingerprint density at radius 3 is 2.62 bits per heavy atom. The summed E-state index contributed by atoms with van der Waals surface area (Å²) in [5, 5.41) is 5.62. The molecule has 8 nitrogen and oxygen atoms in total. The number of anilines is 3. The molecule has 9 heteroatoms. The molecule has 0 atom stereocenters. The molecule has 132 valence electrons. The lowest BCUT2D eigenvalue weighted by Crippen LogP contribution is -2.49. The van der Waals surface area contributed by atoms with Crippen molar-refractivity contribution in [3.05, 3.63) is 54.1 Å². The van der Waals surface area contributed by atoms with Crippen LogP contribution < -0.4 is 10.2 Å². The number of aromatic nitrogens is 4. The summed E-state index contributed by atoms with van der Waals surface area (Å²) in [6, 6.07) is 5.54. The second kappa shape index (κ2) is 7.44. The third kappa shape index (κ3) is 3.62. The van der Waals surface area contributed by atoms with Gasteiger partial charge in [-0.25, -0.2) is 15.0 Å². The molecule has 4 rings (SSSR count). The number of pyridine rings is 1. The van der Waals surface area contributed by atoms with Crippen LogP contribution in [0.1, 0.15) is 10.5 Å². The second-order valence-corrected chi connectivity index (χ2v) is 6.59. The highest BCUT2D eigenvalue weighted by Gasteiger charge is 2.24. The van der Waals surface area contributed by atoms with Gasteiger partial charge < -0.3 is 15.1 Å². The van der Waals surface area contributed by atoms with Crippen LogP contribution in [-0.4, -0.2) is 56.9 Å². The van der Waals surface area contributed by atoms with Crippen LogP contribution in [0.25, 0.3) is 0 Å². The van der Waals surface area contributed by atoms with Gasteiger partial charge in [-0.3, -0.25) is 9.78 Å². The number of rotatable bonds is 4. The number of hydrogen-bond donors (Lipinski definition) is 1. The number of piperazine rings is 1. The first kappa shape index (κ1) is 16.4. The number of nitrogens with one attached hydrogen (secondary N) is 1. The standard InChI is InChI=1S/C17H17N7OS/c25-15(14-12-26-17(22-14)21-13-3-1-4-18-11-13)23-7-9-24(10-8-23)16-19-5-2-6-20-16/h1-6,11-12H,7-10H2,(H,21,22). The zero-order valence-corrected chi connectivity index (χ0v) is 14.8. The third-order valence-electron chi connectivity index (χ3n) is 4.04. The number of amides is 1. The summed E-state index contributed by atoms with van der Waals surface area (Å²) in [6.07, 6.45) is 6.88. The number of thiazole rings is 1. The van der Waals surface area contributed by atoms with Crippen molar-refractivity contribution in [3.8, 4) is 0 Å². The van der Waals surface area contributed by atoms with Gasteiger partial charge in [-0.2, -0.15) is 0 Å². The lowest BCUT2D eigenvalue weighted by atomic mass is 10.3. The highest BCUT2D eigenvalue weighted by molar-refractivity contribution is 7.14. The van der Waals surface area contributed by atoms with E-state index >= 15 is 0 Å². The Labute approximate surface area is 154 Å². The third-order valence-corrected chi connectivity index (χ3v) is 4.80. The van der Waals surface area contributed by atoms with Crippen LogP contribution in [0.5, 0.6) is 0 Å². The van der Waals surface area contributed by atoms with Crippen LogP contribution >= 0.6 is 11.3 Å². The van der Waals surface area contributed by atoms with Crippen LogP contribution in [-0.2, 0) is 0 Å². The van der Waals surface area contributed by atoms with Gasteiger partial charge in [0.2, 0.25) is 5.95 Å². The molecule has 0 bridgehead atoms. The Bertz CT molecular complexity index is 863. The van der Waals surface area contributed by atoms with Gasteiger partial charge in [0.25, 0.3) is 5.91 Å². The van der Waals surface area contributed by atoms with E-state index in [1.165, 1.54) is 11.3 Å².